The summed E-state index contributed by atoms with van der Waals surface area (Å²) in [6.07, 6.45) is -10.0. The Bertz CT molecular complexity index is 1270. The number of benzene rings is 2. The second-order valence-corrected chi connectivity index (χ2v) is 7.82. The van der Waals surface area contributed by atoms with Gasteiger partial charge in [0.05, 0.1) is 5.56 Å². The Morgan fingerprint density at radius 2 is 1.53 bits per heavy atom. The van der Waals surface area contributed by atoms with Gasteiger partial charge in [0.2, 0.25) is 0 Å². The van der Waals surface area contributed by atoms with Gasteiger partial charge in [0.15, 0.2) is 11.6 Å². The van der Waals surface area contributed by atoms with Gasteiger partial charge in [0.1, 0.15) is 5.75 Å². The highest BCUT2D eigenvalue weighted by Gasteiger charge is 2.39. The molecule has 9 nitrogen and oxygen atoms in total. The van der Waals surface area contributed by atoms with E-state index in [-0.39, 0.29) is 11.4 Å². The van der Waals surface area contributed by atoms with Crippen molar-refractivity contribution in [2.24, 2.45) is 0 Å². The topological polar surface area (TPSA) is 128 Å². The van der Waals surface area contributed by atoms with Crippen molar-refractivity contribution < 1.29 is 50.7 Å². The molecule has 1 aromatic heterocycles. The van der Waals surface area contributed by atoms with E-state index >= 15 is 0 Å². The predicted octanol–water partition coefficient (Wildman–Crippen LogP) is 4.26. The maximum atomic E-state index is 12.4. The number of carbonyl (C=O) groups is 2. The Balaban J connectivity index is 0.000000505. The molecule has 0 unspecified atom stereocenters. The van der Waals surface area contributed by atoms with Crippen LogP contribution in [0.15, 0.2) is 53.1 Å². The van der Waals surface area contributed by atoms with Crippen LogP contribution in [-0.4, -0.2) is 65.8 Å². The van der Waals surface area contributed by atoms with E-state index in [9.17, 15) is 36.2 Å². The number of aromatic nitrogens is 1. The molecule has 0 saturated carbocycles. The summed E-state index contributed by atoms with van der Waals surface area (Å²) in [4.78, 5) is 22.0. The number of piperazine rings is 1. The molecule has 4 rings (SSSR count). The molecule has 1 aliphatic heterocycles. The van der Waals surface area contributed by atoms with Crippen molar-refractivity contribution in [3.8, 4) is 28.2 Å². The maximum absolute atomic E-state index is 12.4. The monoisotopic (exact) mass is 546 g/mol. The van der Waals surface area contributed by atoms with Crippen molar-refractivity contribution in [1.82, 2.24) is 10.5 Å². The first-order valence-corrected chi connectivity index (χ1v) is 10.8. The molecule has 4 N–H and O–H groups in total. The minimum absolute atomic E-state index is 0.00221. The van der Waals surface area contributed by atoms with Crippen LogP contribution in [0.25, 0.3) is 22.5 Å². The van der Waals surface area contributed by atoms with Crippen LogP contribution in [-0.2, 0) is 9.59 Å². The average molecular weight is 546 g/mol. The Labute approximate surface area is 210 Å². The van der Waals surface area contributed by atoms with E-state index in [1.807, 2.05) is 0 Å². The molecule has 38 heavy (non-hydrogen) atoms. The molecule has 0 bridgehead atoms. The molecule has 0 atom stereocenters. The van der Waals surface area contributed by atoms with Crippen LogP contribution in [0.2, 0.25) is 0 Å². The highest BCUT2D eigenvalue weighted by molar-refractivity contribution is 5.95. The van der Waals surface area contributed by atoms with Gasteiger partial charge in [-0.05, 0) is 23.8 Å². The van der Waals surface area contributed by atoms with E-state index in [2.05, 4.69) is 15.4 Å². The van der Waals surface area contributed by atoms with Gasteiger partial charge >= 0.3 is 24.2 Å². The van der Waals surface area contributed by atoms with Gasteiger partial charge < -0.3 is 30.3 Å². The number of halogens is 6. The van der Waals surface area contributed by atoms with Gasteiger partial charge in [-0.1, -0.05) is 29.4 Å². The number of amides is 1. The fraction of sp³-hybridized carbons (Fsp3) is 0.261. The standard InChI is InChI=1S/C21H19F3N4O3.C2HF3O2/c22-21(23,24)20(30)26-14-6-4-13(5-7-14)15-2-1-3-16(19(15)29)17-12-18(27-31-17)28-10-8-25-9-11-28;3-2(4,5)1(6)7/h1-7,12,25,29H,8-11H2,(H,26,30);(H,6,7). The van der Waals surface area contributed by atoms with E-state index in [0.717, 1.165) is 26.2 Å². The summed E-state index contributed by atoms with van der Waals surface area (Å²) in [5.41, 5.74) is 1.47. The molecule has 1 fully saturated rings. The number of nitrogens with zero attached hydrogens (tertiary/aromatic N) is 2. The van der Waals surface area contributed by atoms with Crippen molar-refractivity contribution in [2.75, 3.05) is 36.4 Å². The van der Waals surface area contributed by atoms with Crippen LogP contribution in [0.3, 0.4) is 0 Å². The number of carbonyl (C=O) groups excluding carboxylic acids is 1. The summed E-state index contributed by atoms with van der Waals surface area (Å²) in [6.45, 7) is 3.30. The Kier molecular flexibility index (Phi) is 8.50. The number of hydrogen-bond acceptors (Lipinski definition) is 7. The molecule has 0 spiro atoms. The number of alkyl halides is 6. The normalized spacial score (nSPS) is 13.9. The third kappa shape index (κ3) is 7.15. The van der Waals surface area contributed by atoms with Crippen molar-refractivity contribution in [3.05, 3.63) is 48.5 Å². The summed E-state index contributed by atoms with van der Waals surface area (Å²) < 4.78 is 74.4. The molecule has 1 amide bonds. The zero-order valence-electron chi connectivity index (χ0n) is 19.2. The molecule has 15 heteroatoms. The van der Waals surface area contributed by atoms with Crippen LogP contribution in [0.1, 0.15) is 0 Å². The summed E-state index contributed by atoms with van der Waals surface area (Å²) in [6, 6.07) is 12.6. The zero-order valence-corrected chi connectivity index (χ0v) is 19.2. The van der Waals surface area contributed by atoms with Gasteiger partial charge in [-0.3, -0.25) is 4.79 Å². The third-order valence-electron chi connectivity index (χ3n) is 5.19. The highest BCUT2D eigenvalue weighted by Crippen LogP contribution is 2.39. The Hall–Kier alpha value is -4.27. The second-order valence-electron chi connectivity index (χ2n) is 7.82. The van der Waals surface area contributed by atoms with Gasteiger partial charge in [0, 0.05) is 43.5 Å². The number of carboxylic acid groups (broad SMARTS) is 1. The minimum atomic E-state index is -5.08. The molecule has 3 aromatic rings. The molecule has 2 aromatic carbocycles. The number of rotatable bonds is 4. The number of nitrogens with one attached hydrogen (secondary N) is 2. The Morgan fingerprint density at radius 1 is 0.947 bits per heavy atom. The average Bonchev–Trinajstić information content (AvgIpc) is 3.35. The quantitative estimate of drug-likeness (QED) is 0.358. The summed E-state index contributed by atoms with van der Waals surface area (Å²) in [7, 11) is 0. The van der Waals surface area contributed by atoms with Gasteiger partial charge in [-0.15, -0.1) is 0 Å². The number of para-hydroxylation sites is 1. The fourth-order valence-electron chi connectivity index (χ4n) is 3.35. The smallest absolute Gasteiger partial charge is 0.490 e. The third-order valence-corrected chi connectivity index (χ3v) is 5.19. The van der Waals surface area contributed by atoms with E-state index in [0.29, 0.717) is 28.3 Å². The molecule has 1 saturated heterocycles. The lowest BCUT2D eigenvalue weighted by atomic mass is 10.00. The summed E-state index contributed by atoms with van der Waals surface area (Å²) in [5.74, 6) is -3.76. The van der Waals surface area contributed by atoms with Crippen molar-refractivity contribution >= 4 is 23.4 Å². The van der Waals surface area contributed by atoms with Crippen molar-refractivity contribution in [1.29, 1.82) is 0 Å². The first-order valence-electron chi connectivity index (χ1n) is 10.8. The second kappa shape index (κ2) is 11.4. The Morgan fingerprint density at radius 3 is 2.08 bits per heavy atom. The maximum Gasteiger partial charge on any atom is 0.490 e. The number of anilines is 2. The lowest BCUT2D eigenvalue weighted by molar-refractivity contribution is -0.192. The lowest BCUT2D eigenvalue weighted by Crippen LogP contribution is -2.43. The lowest BCUT2D eigenvalue weighted by Gasteiger charge is -2.26. The largest absolute Gasteiger partial charge is 0.507 e. The van der Waals surface area contributed by atoms with Crippen LogP contribution >= 0.6 is 0 Å². The predicted molar refractivity (Wildman–Crippen MR) is 122 cm³/mol. The minimum Gasteiger partial charge on any atom is -0.507 e. The van der Waals surface area contributed by atoms with Crippen LogP contribution in [0, 0.1) is 0 Å². The highest BCUT2D eigenvalue weighted by atomic mass is 19.4. The number of aliphatic carboxylic acids is 1. The van der Waals surface area contributed by atoms with Gasteiger partial charge in [-0.2, -0.15) is 26.3 Å². The molecule has 1 aliphatic rings. The molecular weight excluding hydrogens is 526 g/mol. The number of aromatic hydroxyl groups is 1. The first-order chi connectivity index (χ1) is 17.8. The summed E-state index contributed by atoms with van der Waals surface area (Å²) >= 11 is 0. The molecule has 2 heterocycles. The van der Waals surface area contributed by atoms with Crippen molar-refractivity contribution in [3.63, 3.8) is 0 Å². The van der Waals surface area contributed by atoms with Crippen LogP contribution < -0.4 is 15.5 Å². The number of phenols is 1. The van der Waals surface area contributed by atoms with E-state index < -0.39 is 24.2 Å². The molecule has 0 aliphatic carbocycles. The SMILES string of the molecule is O=C(Nc1ccc(-c2cccc(-c3cc(N4CCNCC4)no3)c2O)cc1)C(F)(F)F.O=C(O)C(F)(F)F. The molecule has 204 valence electrons. The first kappa shape index (κ1) is 28.3. The number of carboxylic acids is 1. The van der Waals surface area contributed by atoms with Crippen LogP contribution in [0.5, 0.6) is 5.75 Å². The fourth-order valence-corrected chi connectivity index (χ4v) is 3.35. The zero-order chi connectivity index (χ0) is 28.1. The van der Waals surface area contributed by atoms with E-state index in [1.54, 1.807) is 29.6 Å². The number of phenolic OH excluding ortho intramolecular Hbond substituents is 1. The van der Waals surface area contributed by atoms with Crippen molar-refractivity contribution in [2.45, 2.75) is 12.4 Å². The molecule has 0 radical (unpaired) electrons. The van der Waals surface area contributed by atoms with E-state index in [1.165, 1.54) is 24.3 Å². The van der Waals surface area contributed by atoms with Crippen LogP contribution in [0.4, 0.5) is 37.8 Å². The van der Waals surface area contributed by atoms with Gasteiger partial charge in [-0.25, -0.2) is 4.79 Å². The summed E-state index contributed by atoms with van der Waals surface area (Å²) in [5, 5.41) is 27.1. The van der Waals surface area contributed by atoms with Gasteiger partial charge in [0.25, 0.3) is 0 Å². The number of hydrogen-bond donors (Lipinski definition) is 4. The molecular formula is C23H20F6N4O5. The van der Waals surface area contributed by atoms with E-state index in [4.69, 9.17) is 14.4 Å².